The van der Waals surface area contributed by atoms with Gasteiger partial charge in [-0.2, -0.15) is 0 Å². The molecule has 0 aliphatic carbocycles. The molecule has 1 aromatic carbocycles. The van der Waals surface area contributed by atoms with Crippen LogP contribution in [0, 0.1) is 0 Å². The van der Waals surface area contributed by atoms with Gasteiger partial charge in [0.1, 0.15) is 5.75 Å². The third-order valence-corrected chi connectivity index (χ3v) is 2.04. The van der Waals surface area contributed by atoms with Crippen molar-refractivity contribution in [3.63, 3.8) is 0 Å². The molecule has 12 heavy (non-hydrogen) atoms. The zero-order chi connectivity index (χ0) is 8.39. The van der Waals surface area contributed by atoms with Crippen LogP contribution in [0.4, 0.5) is 5.69 Å². The van der Waals surface area contributed by atoms with Crippen molar-refractivity contribution in [3.8, 4) is 5.75 Å². The van der Waals surface area contributed by atoms with E-state index in [-0.39, 0.29) is 0 Å². The van der Waals surface area contributed by atoms with Gasteiger partial charge in [-0.15, -0.1) is 0 Å². The van der Waals surface area contributed by atoms with Crippen molar-refractivity contribution < 1.29 is 4.74 Å². The van der Waals surface area contributed by atoms with Gasteiger partial charge >= 0.3 is 0 Å². The maximum absolute atomic E-state index is 5.12. The first-order chi connectivity index (χ1) is 5.90. The molecule has 0 radical (unpaired) electrons. The number of hydrogen-bond donors (Lipinski definition) is 2. The second-order valence-corrected chi connectivity index (χ2v) is 2.80. The summed E-state index contributed by atoms with van der Waals surface area (Å²) in [5.41, 5.74) is 2.47. The lowest BCUT2D eigenvalue weighted by Crippen LogP contribution is -2.27. The van der Waals surface area contributed by atoms with Gasteiger partial charge < -0.3 is 10.1 Å². The van der Waals surface area contributed by atoms with Gasteiger partial charge in [-0.25, -0.2) is 0 Å². The molecule has 2 rings (SSSR count). The normalized spacial score (nSPS) is 14.8. The molecular formula is C9H12N2O. The number of hydrogen-bond acceptors (Lipinski definition) is 3. The Kier molecular flexibility index (Phi) is 1.87. The lowest BCUT2D eigenvalue weighted by atomic mass is 10.1. The highest BCUT2D eigenvalue weighted by Gasteiger charge is 2.07. The Hall–Kier alpha value is -1.22. The van der Waals surface area contributed by atoms with E-state index in [1.807, 2.05) is 12.1 Å². The van der Waals surface area contributed by atoms with Gasteiger partial charge in [0.2, 0.25) is 0 Å². The lowest BCUT2D eigenvalue weighted by molar-refractivity contribution is 0.414. The Bertz CT molecular complexity index is 286. The minimum Gasteiger partial charge on any atom is -0.497 e. The molecule has 0 atom stereocenters. The summed E-state index contributed by atoms with van der Waals surface area (Å²) in [6, 6.07) is 6.08. The van der Waals surface area contributed by atoms with Gasteiger partial charge in [-0.05, 0) is 11.6 Å². The standard InChI is InChI=1S/C9H12N2O/c1-12-8-3-2-7-5-10-6-11-9(7)4-8/h2-4,10-11H,5-6H2,1H3. The maximum Gasteiger partial charge on any atom is 0.120 e. The molecule has 0 saturated heterocycles. The minimum absolute atomic E-state index is 0.833. The summed E-state index contributed by atoms with van der Waals surface area (Å²) in [6.07, 6.45) is 0. The van der Waals surface area contributed by atoms with Crippen LogP contribution in [0.25, 0.3) is 0 Å². The van der Waals surface area contributed by atoms with E-state index in [2.05, 4.69) is 16.7 Å². The van der Waals surface area contributed by atoms with Crippen molar-refractivity contribution >= 4 is 5.69 Å². The molecule has 0 spiro atoms. The average molecular weight is 164 g/mol. The molecule has 1 heterocycles. The van der Waals surface area contributed by atoms with E-state index in [4.69, 9.17) is 4.74 Å². The number of ether oxygens (including phenoxy) is 1. The van der Waals surface area contributed by atoms with Crippen molar-refractivity contribution in [3.05, 3.63) is 23.8 Å². The molecule has 0 bridgehead atoms. The monoisotopic (exact) mass is 164 g/mol. The van der Waals surface area contributed by atoms with E-state index in [0.29, 0.717) is 0 Å². The second-order valence-electron chi connectivity index (χ2n) is 2.80. The van der Waals surface area contributed by atoms with Gasteiger partial charge in [0.05, 0.1) is 13.8 Å². The van der Waals surface area contributed by atoms with E-state index in [1.54, 1.807) is 7.11 Å². The highest BCUT2D eigenvalue weighted by molar-refractivity contribution is 5.56. The van der Waals surface area contributed by atoms with E-state index in [0.717, 1.165) is 19.0 Å². The summed E-state index contributed by atoms with van der Waals surface area (Å²) in [7, 11) is 1.68. The Morgan fingerprint density at radius 3 is 3.17 bits per heavy atom. The molecular weight excluding hydrogens is 152 g/mol. The van der Waals surface area contributed by atoms with Crippen LogP contribution in [0.15, 0.2) is 18.2 Å². The van der Waals surface area contributed by atoms with Crippen molar-refractivity contribution in [1.82, 2.24) is 5.32 Å². The Morgan fingerprint density at radius 1 is 1.42 bits per heavy atom. The van der Waals surface area contributed by atoms with Gasteiger partial charge in [0.15, 0.2) is 0 Å². The molecule has 2 N–H and O–H groups in total. The topological polar surface area (TPSA) is 33.3 Å². The van der Waals surface area contributed by atoms with Crippen LogP contribution in [0.3, 0.4) is 0 Å². The Morgan fingerprint density at radius 2 is 2.33 bits per heavy atom. The molecule has 3 heteroatoms. The van der Waals surface area contributed by atoms with Crippen molar-refractivity contribution in [2.45, 2.75) is 6.54 Å². The first-order valence-corrected chi connectivity index (χ1v) is 4.01. The Balaban J connectivity index is 2.36. The van der Waals surface area contributed by atoms with E-state index in [1.165, 1.54) is 11.3 Å². The summed E-state index contributed by atoms with van der Waals surface area (Å²) in [4.78, 5) is 0. The molecule has 0 aromatic heterocycles. The first-order valence-electron chi connectivity index (χ1n) is 4.01. The number of benzene rings is 1. The zero-order valence-corrected chi connectivity index (χ0v) is 7.05. The minimum atomic E-state index is 0.833. The molecule has 0 amide bonds. The zero-order valence-electron chi connectivity index (χ0n) is 7.05. The van der Waals surface area contributed by atoms with Crippen LogP contribution in [0.2, 0.25) is 0 Å². The van der Waals surface area contributed by atoms with Gasteiger partial charge in [-0.1, -0.05) is 6.07 Å². The molecule has 0 unspecified atom stereocenters. The molecule has 64 valence electrons. The quantitative estimate of drug-likeness (QED) is 0.653. The summed E-state index contributed by atoms with van der Waals surface area (Å²) in [6.45, 7) is 1.77. The summed E-state index contributed by atoms with van der Waals surface area (Å²) in [5, 5.41) is 6.47. The summed E-state index contributed by atoms with van der Waals surface area (Å²) < 4.78 is 5.12. The van der Waals surface area contributed by atoms with Gasteiger partial charge in [0.25, 0.3) is 0 Å². The highest BCUT2D eigenvalue weighted by Crippen LogP contribution is 2.23. The fourth-order valence-corrected chi connectivity index (χ4v) is 1.36. The van der Waals surface area contributed by atoms with Gasteiger partial charge in [0, 0.05) is 18.3 Å². The lowest BCUT2D eigenvalue weighted by Gasteiger charge is -2.19. The molecule has 0 saturated carbocycles. The molecule has 0 fully saturated rings. The number of fused-ring (bicyclic) bond motifs is 1. The second kappa shape index (κ2) is 3.03. The number of methoxy groups -OCH3 is 1. The summed E-state index contributed by atoms with van der Waals surface area (Å²) >= 11 is 0. The SMILES string of the molecule is COc1ccc2c(c1)NCNC2. The third kappa shape index (κ3) is 1.23. The fourth-order valence-electron chi connectivity index (χ4n) is 1.36. The van der Waals surface area contributed by atoms with Crippen LogP contribution in [-0.4, -0.2) is 13.8 Å². The van der Waals surface area contributed by atoms with Crippen LogP contribution in [-0.2, 0) is 6.54 Å². The van der Waals surface area contributed by atoms with E-state index in [9.17, 15) is 0 Å². The van der Waals surface area contributed by atoms with Crippen LogP contribution in [0.5, 0.6) is 5.75 Å². The smallest absolute Gasteiger partial charge is 0.120 e. The maximum atomic E-state index is 5.12. The predicted octanol–water partition coefficient (Wildman–Crippen LogP) is 1.17. The molecule has 1 aromatic rings. The van der Waals surface area contributed by atoms with E-state index < -0.39 is 0 Å². The number of rotatable bonds is 1. The van der Waals surface area contributed by atoms with Crippen molar-refractivity contribution in [2.24, 2.45) is 0 Å². The first kappa shape index (κ1) is 7.43. The largest absolute Gasteiger partial charge is 0.497 e. The predicted molar refractivity (Wildman–Crippen MR) is 48.3 cm³/mol. The number of nitrogens with one attached hydrogen (secondary N) is 2. The molecule has 3 nitrogen and oxygen atoms in total. The third-order valence-electron chi connectivity index (χ3n) is 2.04. The number of anilines is 1. The van der Waals surface area contributed by atoms with Crippen LogP contribution >= 0.6 is 0 Å². The van der Waals surface area contributed by atoms with Crippen molar-refractivity contribution in [2.75, 3.05) is 19.1 Å². The molecule has 1 aliphatic heterocycles. The van der Waals surface area contributed by atoms with E-state index >= 15 is 0 Å². The molecule has 1 aliphatic rings. The van der Waals surface area contributed by atoms with Crippen LogP contribution < -0.4 is 15.4 Å². The van der Waals surface area contributed by atoms with Crippen molar-refractivity contribution in [1.29, 1.82) is 0 Å². The Labute approximate surface area is 71.7 Å². The highest BCUT2D eigenvalue weighted by atomic mass is 16.5. The average Bonchev–Trinajstić information content (AvgIpc) is 2.17. The van der Waals surface area contributed by atoms with Crippen LogP contribution in [0.1, 0.15) is 5.56 Å². The summed E-state index contributed by atoms with van der Waals surface area (Å²) in [5.74, 6) is 0.906. The fraction of sp³-hybridized carbons (Fsp3) is 0.333. The van der Waals surface area contributed by atoms with Gasteiger partial charge in [-0.3, -0.25) is 5.32 Å².